The van der Waals surface area contributed by atoms with Crippen molar-refractivity contribution in [3.05, 3.63) is 46.6 Å². The summed E-state index contributed by atoms with van der Waals surface area (Å²) in [5.41, 5.74) is 9.15. The van der Waals surface area contributed by atoms with Gasteiger partial charge in [-0.25, -0.2) is 9.97 Å². The number of nitrogens with one attached hydrogen (secondary N) is 1. The van der Waals surface area contributed by atoms with Crippen LogP contribution in [0.4, 0.5) is 11.5 Å². The third-order valence-electron chi connectivity index (χ3n) is 8.01. The van der Waals surface area contributed by atoms with E-state index in [1.165, 1.54) is 6.20 Å². The highest BCUT2D eigenvalue weighted by atomic mass is 32.1. The van der Waals surface area contributed by atoms with Gasteiger partial charge in [0.05, 0.1) is 27.1 Å². The number of benzene rings is 1. The summed E-state index contributed by atoms with van der Waals surface area (Å²) in [4.78, 5) is 37.3. The van der Waals surface area contributed by atoms with E-state index in [2.05, 4.69) is 35.4 Å². The Balaban J connectivity index is 1.33. The molecular formula is C29H37N5O2S. The largest absolute Gasteiger partial charge is 0.383 e. The number of carbonyl (C=O) groups is 2. The predicted molar refractivity (Wildman–Crippen MR) is 150 cm³/mol. The van der Waals surface area contributed by atoms with Crippen LogP contribution in [0.2, 0.25) is 0 Å². The van der Waals surface area contributed by atoms with Gasteiger partial charge in [-0.1, -0.05) is 26.3 Å². The Bertz CT molecular complexity index is 1400. The number of fused-ring (bicyclic) bond motifs is 1. The first-order valence-electron chi connectivity index (χ1n) is 14.8. The number of nitrogen functional groups attached to an aromatic ring is 1. The van der Waals surface area contributed by atoms with Gasteiger partial charge in [-0.3, -0.25) is 9.59 Å². The fourth-order valence-corrected chi connectivity index (χ4v) is 6.91. The number of anilines is 2. The zero-order valence-corrected chi connectivity index (χ0v) is 22.3. The first kappa shape index (κ1) is 22.2. The fourth-order valence-electron chi connectivity index (χ4n) is 5.80. The maximum atomic E-state index is 13.5. The Hall–Kier alpha value is -2.84. The number of aryl methyl sites for hydroxylation is 1. The van der Waals surface area contributed by atoms with E-state index in [4.69, 9.17) is 14.8 Å². The normalized spacial score (nSPS) is 24.8. The summed E-state index contributed by atoms with van der Waals surface area (Å²) < 4.78 is 24.1. The topological polar surface area (TPSA) is 101 Å². The van der Waals surface area contributed by atoms with Crippen molar-refractivity contribution in [2.24, 2.45) is 11.8 Å². The second kappa shape index (κ2) is 10.9. The van der Waals surface area contributed by atoms with Crippen LogP contribution in [-0.4, -0.2) is 46.6 Å². The number of aromatic nitrogens is 2. The van der Waals surface area contributed by atoms with Crippen LogP contribution in [0.25, 0.3) is 10.2 Å². The van der Waals surface area contributed by atoms with Gasteiger partial charge >= 0.3 is 0 Å². The Morgan fingerprint density at radius 1 is 1.22 bits per heavy atom. The van der Waals surface area contributed by atoms with Crippen LogP contribution in [0.1, 0.15) is 78.0 Å². The zero-order chi connectivity index (χ0) is 28.6. The molecule has 3 atom stereocenters. The molecule has 3 heterocycles. The minimum atomic E-state index is -2.04. The van der Waals surface area contributed by atoms with Gasteiger partial charge in [-0.15, -0.1) is 11.3 Å². The van der Waals surface area contributed by atoms with Crippen molar-refractivity contribution in [3.63, 3.8) is 0 Å². The highest BCUT2D eigenvalue weighted by Gasteiger charge is 2.38. The molecule has 3 aromatic rings. The second-order valence-corrected chi connectivity index (χ2v) is 11.7. The van der Waals surface area contributed by atoms with Crippen molar-refractivity contribution in [2.75, 3.05) is 31.1 Å². The molecule has 3 N–H and O–H groups in total. The summed E-state index contributed by atoms with van der Waals surface area (Å²) in [6, 6.07) is 8.02. The number of rotatable bonds is 6. The Labute approximate surface area is 227 Å². The zero-order valence-electron chi connectivity index (χ0n) is 24.5. The average molecular weight is 524 g/mol. The number of hydrogen-bond donors (Lipinski definition) is 2. The van der Waals surface area contributed by atoms with Crippen molar-refractivity contribution in [3.8, 4) is 0 Å². The lowest BCUT2D eigenvalue weighted by Crippen LogP contribution is -2.36. The van der Waals surface area contributed by atoms with Crippen molar-refractivity contribution in [1.82, 2.24) is 14.9 Å². The van der Waals surface area contributed by atoms with Crippen LogP contribution < -0.4 is 11.1 Å². The molecule has 1 aliphatic carbocycles. The van der Waals surface area contributed by atoms with Crippen LogP contribution in [0.15, 0.2) is 30.5 Å². The molecule has 0 bridgehead atoms. The lowest BCUT2D eigenvalue weighted by Gasteiger charge is -2.34. The molecule has 2 fully saturated rings. The van der Waals surface area contributed by atoms with Gasteiger partial charge in [0.2, 0.25) is 5.78 Å². The number of nitrogens with zero attached hydrogens (tertiary/aromatic N) is 3. The molecular weight excluding hydrogens is 483 g/mol. The van der Waals surface area contributed by atoms with Gasteiger partial charge in [-0.2, -0.15) is 0 Å². The van der Waals surface area contributed by atoms with Gasteiger partial charge in [-0.05, 0) is 93.3 Å². The minimum absolute atomic E-state index is 0.0535. The fraction of sp³-hybridized carbons (Fsp3) is 0.517. The van der Waals surface area contributed by atoms with Crippen LogP contribution in [0.5, 0.6) is 0 Å². The lowest BCUT2D eigenvalue weighted by molar-refractivity contribution is -0.138. The summed E-state index contributed by atoms with van der Waals surface area (Å²) in [6.45, 7) is 3.14. The summed E-state index contributed by atoms with van der Waals surface area (Å²) in [6.07, 6.45) is 6.23. The molecule has 37 heavy (non-hydrogen) atoms. The number of thiazole rings is 1. The monoisotopic (exact) mass is 523 g/mol. The van der Waals surface area contributed by atoms with E-state index < -0.39 is 24.6 Å². The van der Waals surface area contributed by atoms with E-state index in [1.807, 2.05) is 6.92 Å². The number of pyridine rings is 1. The van der Waals surface area contributed by atoms with Crippen molar-refractivity contribution in [1.29, 1.82) is 0 Å². The molecule has 1 aliphatic heterocycles. The van der Waals surface area contributed by atoms with Crippen LogP contribution in [0, 0.1) is 11.8 Å². The highest BCUT2D eigenvalue weighted by Crippen LogP contribution is 2.42. The lowest BCUT2D eigenvalue weighted by atomic mass is 9.70. The van der Waals surface area contributed by atoms with E-state index in [0.29, 0.717) is 43.4 Å². The van der Waals surface area contributed by atoms with Crippen LogP contribution in [0.3, 0.4) is 0 Å². The molecule has 1 saturated heterocycles. The number of hydrogen-bond acceptors (Lipinski definition) is 7. The van der Waals surface area contributed by atoms with E-state index in [9.17, 15) is 9.59 Å². The number of nitrogens with two attached hydrogens (primary N) is 1. The molecule has 2 aliphatic rings. The SMILES string of the molecule is [2H][13C]([2H])([2H])N1CCC(c2nc3cc([C@H]4CC[C@H](C)CC4C(=O)C(=O)Nc4cnc(N)c(CC)c4)ccc3s2)CC1. The number of ketones is 1. The van der Waals surface area contributed by atoms with Gasteiger partial charge < -0.3 is 16.0 Å². The summed E-state index contributed by atoms with van der Waals surface area (Å²) in [5.74, 6) is -0.431. The molecule has 196 valence electrons. The number of carbonyl (C=O) groups excluding carboxylic acids is 2. The molecule has 1 amide bonds. The molecule has 0 radical (unpaired) electrons. The predicted octanol–water partition coefficient (Wildman–Crippen LogP) is 5.37. The van der Waals surface area contributed by atoms with Crippen LogP contribution >= 0.6 is 11.3 Å². The molecule has 0 spiro atoms. The molecule has 1 saturated carbocycles. The maximum absolute atomic E-state index is 13.5. The van der Waals surface area contributed by atoms with Crippen molar-refractivity contribution in [2.45, 2.75) is 64.2 Å². The highest BCUT2D eigenvalue weighted by molar-refractivity contribution is 7.18. The minimum Gasteiger partial charge on any atom is -0.383 e. The summed E-state index contributed by atoms with van der Waals surface area (Å²) >= 11 is 1.67. The van der Waals surface area contributed by atoms with Gasteiger partial charge in [0.1, 0.15) is 5.82 Å². The number of piperidine rings is 1. The number of Topliss-reactive ketones (excluding diaryl/α,β-unsaturated/α-hetero) is 1. The Morgan fingerprint density at radius 3 is 2.78 bits per heavy atom. The number of likely N-dealkylation sites (tertiary alicyclic amines) is 1. The van der Waals surface area contributed by atoms with E-state index in [1.54, 1.807) is 22.3 Å². The molecule has 5 rings (SSSR count). The Kier molecular flexibility index (Phi) is 6.52. The third-order valence-corrected chi connectivity index (χ3v) is 9.21. The van der Waals surface area contributed by atoms with E-state index in [-0.39, 0.29) is 11.8 Å². The number of amides is 1. The quantitative estimate of drug-likeness (QED) is 0.333. The van der Waals surface area contributed by atoms with Crippen molar-refractivity contribution < 1.29 is 13.7 Å². The average Bonchev–Trinajstić information content (AvgIpc) is 3.36. The van der Waals surface area contributed by atoms with Gasteiger partial charge in [0, 0.05) is 15.9 Å². The molecule has 8 heteroatoms. The maximum Gasteiger partial charge on any atom is 0.292 e. The van der Waals surface area contributed by atoms with E-state index >= 15 is 0 Å². The van der Waals surface area contributed by atoms with Crippen LogP contribution in [-0.2, 0) is 16.0 Å². The smallest absolute Gasteiger partial charge is 0.292 e. The van der Waals surface area contributed by atoms with Gasteiger partial charge in [0.15, 0.2) is 0 Å². The standard InChI is InChI=1S/C29H37N5O2S/c1-4-18-14-21(16-31-27(18)30)32-28(36)26(35)23-13-17(2)5-7-22(23)20-6-8-25-24(15-20)33-29(37-25)19-9-11-34(3)12-10-19/h6,8,14-17,19,22-23H,4-5,7,9-13H2,1-3H3,(H2,30,31)(H,32,36)/t17-,22+,23?/m0/s1/i3+1D3. The third kappa shape index (κ3) is 5.55. The van der Waals surface area contributed by atoms with E-state index in [0.717, 1.165) is 52.0 Å². The first-order chi connectivity index (χ1) is 19.0. The summed E-state index contributed by atoms with van der Waals surface area (Å²) in [7, 11) is 0. The molecule has 7 nitrogen and oxygen atoms in total. The molecule has 1 aromatic carbocycles. The molecule has 1 unspecified atom stereocenters. The molecule has 2 aromatic heterocycles. The second-order valence-electron chi connectivity index (χ2n) is 10.6. The first-order valence-corrected chi connectivity index (χ1v) is 14.1. The van der Waals surface area contributed by atoms with Crippen molar-refractivity contribution >= 4 is 44.7 Å². The van der Waals surface area contributed by atoms with Gasteiger partial charge in [0.25, 0.3) is 5.91 Å². The Morgan fingerprint density at radius 2 is 2.03 bits per heavy atom. The summed E-state index contributed by atoms with van der Waals surface area (Å²) in [5, 5.41) is 3.80.